The van der Waals surface area contributed by atoms with E-state index in [9.17, 15) is 4.21 Å². The lowest BCUT2D eigenvalue weighted by Gasteiger charge is -2.36. The molecule has 0 aromatic heterocycles. The third kappa shape index (κ3) is 3.90. The third-order valence-corrected chi connectivity index (χ3v) is 6.55. The van der Waals surface area contributed by atoms with Crippen LogP contribution in [0.4, 0.5) is 0 Å². The summed E-state index contributed by atoms with van der Waals surface area (Å²) in [5.74, 6) is 2.44. The zero-order valence-electron chi connectivity index (χ0n) is 15.5. The van der Waals surface area contributed by atoms with Gasteiger partial charge in [-0.05, 0) is 42.7 Å². The highest BCUT2D eigenvalue weighted by molar-refractivity contribution is 7.80. The molecule has 0 saturated heterocycles. The van der Waals surface area contributed by atoms with Crippen LogP contribution in [0, 0.1) is 17.8 Å². The van der Waals surface area contributed by atoms with Crippen LogP contribution in [0.5, 0.6) is 5.75 Å². The quantitative estimate of drug-likeness (QED) is 0.721. The monoisotopic (exact) mass is 360 g/mol. The second kappa shape index (κ2) is 7.88. The van der Waals surface area contributed by atoms with Crippen LogP contribution in [0.3, 0.4) is 0 Å². The molecule has 1 fully saturated rings. The van der Waals surface area contributed by atoms with E-state index in [1.165, 1.54) is 6.42 Å². The van der Waals surface area contributed by atoms with E-state index >= 15 is 0 Å². The lowest BCUT2D eigenvalue weighted by atomic mass is 9.75. The van der Waals surface area contributed by atoms with Crippen LogP contribution in [-0.2, 0) is 15.3 Å². The predicted octanol–water partition coefficient (Wildman–Crippen LogP) is 5.35. The minimum absolute atomic E-state index is 0.0606. The largest absolute Gasteiger partial charge is 0.496 e. The van der Waals surface area contributed by atoms with Gasteiger partial charge in [0.15, 0.2) is 11.1 Å². The fraction of sp³-hybridized carbons (Fsp3) is 0.524. The molecular formula is C21H28O3S. The van der Waals surface area contributed by atoms with Gasteiger partial charge in [0.05, 0.1) is 18.1 Å². The zero-order valence-corrected chi connectivity index (χ0v) is 16.3. The Morgan fingerprint density at radius 1 is 1.08 bits per heavy atom. The molecule has 3 rings (SSSR count). The van der Waals surface area contributed by atoms with Gasteiger partial charge in [0, 0.05) is 10.8 Å². The molecule has 4 heteroatoms. The molecule has 0 aliphatic heterocycles. The molecule has 2 aromatic rings. The van der Waals surface area contributed by atoms with Crippen molar-refractivity contribution >= 4 is 21.9 Å². The molecule has 0 N–H and O–H groups in total. The number of rotatable bonds is 5. The molecule has 0 bridgehead atoms. The van der Waals surface area contributed by atoms with Crippen LogP contribution >= 0.6 is 0 Å². The molecule has 25 heavy (non-hydrogen) atoms. The number of hydrogen-bond acceptors (Lipinski definition) is 3. The van der Waals surface area contributed by atoms with Gasteiger partial charge in [0.2, 0.25) is 0 Å². The molecule has 1 saturated carbocycles. The van der Waals surface area contributed by atoms with Gasteiger partial charge < -0.3 is 4.74 Å². The maximum atomic E-state index is 13.0. The standard InChI is InChI=1S/C21H28O3S/c1-14(2)16-10-9-15(3)13-20(16)24-25(22)21-12-11-19(23-4)17-7-5-6-8-18(17)21/h5-8,11-12,14-16,20H,9-10,13H2,1-4H3/t15-,16+,20-,25+/m1/s1. The van der Waals surface area contributed by atoms with Crippen LogP contribution < -0.4 is 4.74 Å². The molecule has 1 aliphatic rings. The molecule has 2 aromatic carbocycles. The Bertz CT molecular complexity index is 756. The molecule has 0 heterocycles. The van der Waals surface area contributed by atoms with E-state index in [4.69, 9.17) is 8.92 Å². The average Bonchev–Trinajstić information content (AvgIpc) is 2.60. The number of methoxy groups -OCH3 is 1. The molecule has 1 aliphatic carbocycles. The minimum Gasteiger partial charge on any atom is -0.496 e. The molecule has 0 unspecified atom stereocenters. The smallest absolute Gasteiger partial charge is 0.190 e. The lowest BCUT2D eigenvalue weighted by Crippen LogP contribution is -2.34. The highest BCUT2D eigenvalue weighted by Crippen LogP contribution is 2.37. The van der Waals surface area contributed by atoms with E-state index in [2.05, 4.69) is 20.8 Å². The minimum atomic E-state index is -1.47. The van der Waals surface area contributed by atoms with E-state index in [0.29, 0.717) is 17.8 Å². The molecule has 0 radical (unpaired) electrons. The van der Waals surface area contributed by atoms with Crippen LogP contribution in [0.1, 0.15) is 40.0 Å². The van der Waals surface area contributed by atoms with Crippen LogP contribution in [0.25, 0.3) is 10.8 Å². The Balaban J connectivity index is 1.89. The van der Waals surface area contributed by atoms with E-state index in [1.54, 1.807) is 7.11 Å². The first-order valence-corrected chi connectivity index (χ1v) is 10.2. The van der Waals surface area contributed by atoms with Crippen molar-refractivity contribution in [3.63, 3.8) is 0 Å². The molecule has 4 atom stereocenters. The van der Waals surface area contributed by atoms with Crippen LogP contribution in [-0.4, -0.2) is 17.4 Å². The number of hydrogen-bond donors (Lipinski definition) is 0. The van der Waals surface area contributed by atoms with Crippen molar-refractivity contribution in [3.05, 3.63) is 36.4 Å². The Hall–Kier alpha value is -1.39. The van der Waals surface area contributed by atoms with Gasteiger partial charge in [-0.1, -0.05) is 51.5 Å². The molecule has 0 spiro atoms. The second-order valence-corrected chi connectivity index (χ2v) is 8.61. The van der Waals surface area contributed by atoms with Crippen molar-refractivity contribution in [2.75, 3.05) is 7.11 Å². The topological polar surface area (TPSA) is 35.5 Å². The van der Waals surface area contributed by atoms with Gasteiger partial charge in [0.25, 0.3) is 0 Å². The van der Waals surface area contributed by atoms with Crippen LogP contribution in [0.2, 0.25) is 0 Å². The summed E-state index contributed by atoms with van der Waals surface area (Å²) in [5, 5.41) is 1.90. The summed E-state index contributed by atoms with van der Waals surface area (Å²) in [5.41, 5.74) is 0. The van der Waals surface area contributed by atoms with E-state index in [1.807, 2.05) is 36.4 Å². The van der Waals surface area contributed by atoms with E-state index in [-0.39, 0.29) is 6.10 Å². The molecule has 3 nitrogen and oxygen atoms in total. The Morgan fingerprint density at radius 2 is 1.80 bits per heavy atom. The number of fused-ring (bicyclic) bond motifs is 1. The highest BCUT2D eigenvalue weighted by atomic mass is 32.2. The maximum absolute atomic E-state index is 13.0. The molecular weight excluding hydrogens is 332 g/mol. The Kier molecular flexibility index (Phi) is 5.80. The van der Waals surface area contributed by atoms with Gasteiger partial charge in [-0.25, -0.2) is 4.21 Å². The van der Waals surface area contributed by atoms with Gasteiger partial charge >= 0.3 is 0 Å². The van der Waals surface area contributed by atoms with Gasteiger partial charge in [0.1, 0.15) is 5.75 Å². The first-order valence-electron chi connectivity index (χ1n) is 9.16. The van der Waals surface area contributed by atoms with Gasteiger partial charge in [-0.15, -0.1) is 0 Å². The van der Waals surface area contributed by atoms with Crippen molar-refractivity contribution in [2.45, 2.75) is 51.0 Å². The summed E-state index contributed by atoms with van der Waals surface area (Å²) in [6.07, 6.45) is 3.44. The fourth-order valence-electron chi connectivity index (χ4n) is 3.96. The van der Waals surface area contributed by atoms with Crippen molar-refractivity contribution in [1.29, 1.82) is 0 Å². The zero-order chi connectivity index (χ0) is 18.0. The van der Waals surface area contributed by atoms with Crippen molar-refractivity contribution < 1.29 is 13.1 Å². The van der Waals surface area contributed by atoms with Crippen molar-refractivity contribution in [1.82, 2.24) is 0 Å². The summed E-state index contributed by atoms with van der Waals surface area (Å²) in [4.78, 5) is 0.733. The average molecular weight is 361 g/mol. The summed E-state index contributed by atoms with van der Waals surface area (Å²) in [7, 11) is 1.66. The summed E-state index contributed by atoms with van der Waals surface area (Å²) >= 11 is -1.47. The molecule has 0 amide bonds. The Labute approximate surface area is 153 Å². The second-order valence-electron chi connectivity index (χ2n) is 7.51. The highest BCUT2D eigenvalue weighted by Gasteiger charge is 2.33. The summed E-state index contributed by atoms with van der Waals surface area (Å²) in [6.45, 7) is 6.74. The van der Waals surface area contributed by atoms with E-state index in [0.717, 1.165) is 34.3 Å². The van der Waals surface area contributed by atoms with Crippen LogP contribution in [0.15, 0.2) is 41.3 Å². The van der Waals surface area contributed by atoms with Crippen molar-refractivity contribution in [3.8, 4) is 5.75 Å². The van der Waals surface area contributed by atoms with Gasteiger partial charge in [-0.2, -0.15) is 0 Å². The van der Waals surface area contributed by atoms with E-state index < -0.39 is 11.1 Å². The number of benzene rings is 2. The SMILES string of the molecule is COc1ccc([S@@](=O)O[C@@H]2C[C@H](C)CC[C@H]2C(C)C)c2ccccc12. The summed E-state index contributed by atoms with van der Waals surface area (Å²) < 4.78 is 24.6. The third-order valence-electron chi connectivity index (χ3n) is 5.42. The number of ether oxygens (including phenoxy) is 1. The molecule has 136 valence electrons. The fourth-order valence-corrected chi connectivity index (χ4v) is 5.04. The van der Waals surface area contributed by atoms with Gasteiger partial charge in [-0.3, -0.25) is 4.18 Å². The maximum Gasteiger partial charge on any atom is 0.190 e. The first-order chi connectivity index (χ1) is 12.0. The van der Waals surface area contributed by atoms with Crippen molar-refractivity contribution in [2.24, 2.45) is 17.8 Å². The predicted molar refractivity (Wildman–Crippen MR) is 103 cm³/mol. The first kappa shape index (κ1) is 18.4. The summed E-state index contributed by atoms with van der Waals surface area (Å²) in [6, 6.07) is 11.7. The normalized spacial score (nSPS) is 25.2. The Morgan fingerprint density at radius 3 is 2.48 bits per heavy atom. The lowest BCUT2D eigenvalue weighted by molar-refractivity contribution is 0.0567.